The molecule has 30 heavy (non-hydrogen) atoms. The van der Waals surface area contributed by atoms with Crippen LogP contribution in [-0.4, -0.2) is 19.7 Å². The molecule has 0 aliphatic heterocycles. The average Bonchev–Trinajstić information content (AvgIpc) is 2.68. The van der Waals surface area contributed by atoms with Crippen molar-refractivity contribution in [1.29, 1.82) is 0 Å². The fourth-order valence-electron chi connectivity index (χ4n) is 2.89. The Morgan fingerprint density at radius 3 is 2.30 bits per heavy atom. The third kappa shape index (κ3) is 6.08. The molecule has 0 aliphatic rings. The molecule has 0 aliphatic carbocycles. The van der Waals surface area contributed by atoms with E-state index < -0.39 is 24.1 Å². The van der Waals surface area contributed by atoms with Gasteiger partial charge < -0.3 is 14.2 Å². The molecule has 9 heteroatoms. The van der Waals surface area contributed by atoms with Gasteiger partial charge in [0.05, 0.1) is 18.6 Å². The summed E-state index contributed by atoms with van der Waals surface area (Å²) in [7, 11) is 1.31. The van der Waals surface area contributed by atoms with Crippen molar-refractivity contribution in [2.24, 2.45) is 5.92 Å². The van der Waals surface area contributed by atoms with Crippen molar-refractivity contribution >= 4 is 5.97 Å². The van der Waals surface area contributed by atoms with Gasteiger partial charge in [0.15, 0.2) is 11.5 Å². The zero-order valence-corrected chi connectivity index (χ0v) is 16.6. The van der Waals surface area contributed by atoms with E-state index in [-0.39, 0.29) is 23.4 Å². The number of ether oxygens (including phenoxy) is 3. The summed E-state index contributed by atoms with van der Waals surface area (Å²) in [6, 6.07) is 7.02. The third-order valence-electron chi connectivity index (χ3n) is 4.40. The standard InChI is InChI=1S/C21H21F5O4/c1-4-13-10-16(7-5-14(13)9-12(2)19(27)28-3)29-17-8-6-15(21(24,25)26)11-18(17)30-20(22)23/h5-8,10-12,20H,4,9H2,1-3H3. The number of alkyl halides is 5. The lowest BCUT2D eigenvalue weighted by Gasteiger charge is -2.17. The zero-order chi connectivity index (χ0) is 22.5. The predicted molar refractivity (Wildman–Crippen MR) is 98.9 cm³/mol. The largest absolute Gasteiger partial charge is 0.469 e. The first-order valence-corrected chi connectivity index (χ1v) is 9.08. The Morgan fingerprint density at radius 1 is 1.03 bits per heavy atom. The highest BCUT2D eigenvalue weighted by Crippen LogP contribution is 2.39. The first kappa shape index (κ1) is 23.4. The van der Waals surface area contributed by atoms with E-state index in [0.717, 1.165) is 23.3 Å². The highest BCUT2D eigenvalue weighted by Gasteiger charge is 2.32. The van der Waals surface area contributed by atoms with Crippen LogP contribution in [0, 0.1) is 5.92 Å². The molecule has 0 amide bonds. The Labute approximate surface area is 170 Å². The van der Waals surface area contributed by atoms with Gasteiger partial charge in [0.1, 0.15) is 5.75 Å². The molecule has 0 saturated carbocycles. The van der Waals surface area contributed by atoms with Crippen LogP contribution in [0.4, 0.5) is 22.0 Å². The van der Waals surface area contributed by atoms with Crippen molar-refractivity contribution in [1.82, 2.24) is 0 Å². The topological polar surface area (TPSA) is 44.8 Å². The molecule has 0 bridgehead atoms. The number of carbonyl (C=O) groups excluding carboxylic acids is 1. The second-order valence-electron chi connectivity index (χ2n) is 6.55. The van der Waals surface area contributed by atoms with E-state index in [1.165, 1.54) is 7.11 Å². The lowest BCUT2D eigenvalue weighted by molar-refractivity contribution is -0.144. The Kier molecular flexibility index (Phi) is 7.64. The van der Waals surface area contributed by atoms with E-state index in [1.807, 2.05) is 6.92 Å². The maximum atomic E-state index is 12.9. The van der Waals surface area contributed by atoms with Crippen molar-refractivity contribution < 1.29 is 41.0 Å². The molecule has 1 atom stereocenters. The van der Waals surface area contributed by atoms with E-state index in [1.54, 1.807) is 25.1 Å². The molecule has 0 spiro atoms. The van der Waals surface area contributed by atoms with E-state index in [4.69, 9.17) is 9.47 Å². The minimum Gasteiger partial charge on any atom is -0.469 e. The molecule has 0 saturated heterocycles. The first-order chi connectivity index (χ1) is 14.0. The summed E-state index contributed by atoms with van der Waals surface area (Å²) in [5.41, 5.74) is 0.581. The fourth-order valence-corrected chi connectivity index (χ4v) is 2.89. The van der Waals surface area contributed by atoms with Gasteiger partial charge in [-0.1, -0.05) is 19.9 Å². The van der Waals surface area contributed by atoms with Crippen LogP contribution in [0.5, 0.6) is 17.2 Å². The summed E-state index contributed by atoms with van der Waals surface area (Å²) in [6.07, 6.45) is -3.70. The zero-order valence-electron chi connectivity index (χ0n) is 16.6. The van der Waals surface area contributed by atoms with E-state index in [0.29, 0.717) is 18.9 Å². The predicted octanol–water partition coefficient (Wildman–Crippen LogP) is 6.01. The van der Waals surface area contributed by atoms with Gasteiger partial charge in [0.25, 0.3) is 0 Å². The van der Waals surface area contributed by atoms with Gasteiger partial charge in [-0.2, -0.15) is 22.0 Å². The van der Waals surface area contributed by atoms with Crippen LogP contribution in [0.15, 0.2) is 36.4 Å². The smallest absolute Gasteiger partial charge is 0.416 e. The molecular formula is C21H21F5O4. The second kappa shape index (κ2) is 9.77. The molecule has 0 radical (unpaired) electrons. The van der Waals surface area contributed by atoms with Gasteiger partial charge in [0.2, 0.25) is 0 Å². The summed E-state index contributed by atoms with van der Waals surface area (Å²) < 4.78 is 78.4. The molecule has 1 unspecified atom stereocenters. The Balaban J connectivity index is 2.32. The highest BCUT2D eigenvalue weighted by molar-refractivity contribution is 5.72. The molecular weight excluding hydrogens is 411 g/mol. The minimum absolute atomic E-state index is 0.236. The molecule has 0 fully saturated rings. The number of esters is 1. The highest BCUT2D eigenvalue weighted by atomic mass is 19.4. The quantitative estimate of drug-likeness (QED) is 0.378. The minimum atomic E-state index is -4.72. The van der Waals surface area contributed by atoms with Crippen molar-refractivity contribution in [2.45, 2.75) is 39.5 Å². The monoisotopic (exact) mass is 432 g/mol. The molecule has 164 valence electrons. The third-order valence-corrected chi connectivity index (χ3v) is 4.40. The Hall–Kier alpha value is -2.84. The van der Waals surface area contributed by atoms with E-state index >= 15 is 0 Å². The van der Waals surface area contributed by atoms with Crippen LogP contribution in [-0.2, 0) is 28.5 Å². The summed E-state index contributed by atoms with van der Waals surface area (Å²) >= 11 is 0. The van der Waals surface area contributed by atoms with Gasteiger partial charge >= 0.3 is 18.8 Å². The summed E-state index contributed by atoms with van der Waals surface area (Å²) in [5.74, 6) is -1.48. The molecule has 2 aromatic carbocycles. The summed E-state index contributed by atoms with van der Waals surface area (Å²) in [6.45, 7) is 0.296. The van der Waals surface area contributed by atoms with Gasteiger partial charge in [-0.25, -0.2) is 0 Å². The summed E-state index contributed by atoms with van der Waals surface area (Å²) in [5, 5.41) is 0. The maximum Gasteiger partial charge on any atom is 0.416 e. The number of aryl methyl sites for hydroxylation is 1. The first-order valence-electron chi connectivity index (χ1n) is 9.08. The average molecular weight is 432 g/mol. The van der Waals surface area contributed by atoms with Gasteiger partial charge in [0, 0.05) is 0 Å². The number of hydrogen-bond donors (Lipinski definition) is 0. The van der Waals surface area contributed by atoms with Crippen LogP contribution in [0.2, 0.25) is 0 Å². The normalized spacial score (nSPS) is 12.6. The summed E-state index contributed by atoms with van der Waals surface area (Å²) in [4.78, 5) is 11.6. The van der Waals surface area contributed by atoms with Gasteiger partial charge in [-0.3, -0.25) is 4.79 Å². The van der Waals surface area contributed by atoms with Crippen LogP contribution >= 0.6 is 0 Å². The van der Waals surface area contributed by atoms with Crippen LogP contribution in [0.25, 0.3) is 0 Å². The van der Waals surface area contributed by atoms with Crippen molar-refractivity contribution in [2.75, 3.05) is 7.11 Å². The lowest BCUT2D eigenvalue weighted by atomic mass is 9.95. The molecule has 2 rings (SSSR count). The number of carbonyl (C=O) groups is 1. The van der Waals surface area contributed by atoms with Gasteiger partial charge in [-0.15, -0.1) is 0 Å². The van der Waals surface area contributed by atoms with Gasteiger partial charge in [-0.05, 0) is 54.3 Å². The number of rotatable bonds is 8. The lowest BCUT2D eigenvalue weighted by Crippen LogP contribution is -2.15. The van der Waals surface area contributed by atoms with Crippen molar-refractivity contribution in [3.63, 3.8) is 0 Å². The molecule has 4 nitrogen and oxygen atoms in total. The molecule has 0 heterocycles. The number of methoxy groups -OCH3 is 1. The van der Waals surface area contributed by atoms with Crippen molar-refractivity contribution in [3.8, 4) is 17.2 Å². The van der Waals surface area contributed by atoms with Crippen LogP contribution < -0.4 is 9.47 Å². The van der Waals surface area contributed by atoms with Crippen LogP contribution in [0.3, 0.4) is 0 Å². The molecule has 2 aromatic rings. The number of halogens is 5. The van der Waals surface area contributed by atoms with E-state index in [2.05, 4.69) is 4.74 Å². The van der Waals surface area contributed by atoms with Crippen LogP contribution in [0.1, 0.15) is 30.5 Å². The second-order valence-corrected chi connectivity index (χ2v) is 6.55. The fraction of sp³-hybridized carbons (Fsp3) is 0.381. The maximum absolute atomic E-state index is 12.9. The SMILES string of the molecule is CCc1cc(Oc2ccc(C(F)(F)F)cc2OC(F)F)ccc1CC(C)C(=O)OC. The van der Waals surface area contributed by atoms with Crippen molar-refractivity contribution in [3.05, 3.63) is 53.1 Å². The van der Waals surface area contributed by atoms with E-state index in [9.17, 15) is 26.7 Å². The number of benzene rings is 2. The Morgan fingerprint density at radius 2 is 1.73 bits per heavy atom. The molecule has 0 aromatic heterocycles. The number of hydrogen-bond acceptors (Lipinski definition) is 4. The Bertz CT molecular complexity index is 880. The molecule has 0 N–H and O–H groups in total.